The summed E-state index contributed by atoms with van der Waals surface area (Å²) in [5, 5.41) is 12.1. The molecule has 0 saturated heterocycles. The lowest BCUT2D eigenvalue weighted by Gasteiger charge is -2.44. The fourth-order valence-electron chi connectivity index (χ4n) is 4.82. The van der Waals surface area contributed by atoms with Crippen LogP contribution in [-0.4, -0.2) is 32.1 Å². The van der Waals surface area contributed by atoms with Crippen LogP contribution in [0, 0.1) is 11.8 Å². The Balaban J connectivity index is 1.92. The maximum atomic E-state index is 11.9. The van der Waals surface area contributed by atoms with Crippen molar-refractivity contribution >= 4 is 24.7 Å². The molecule has 4 nitrogen and oxygen atoms in total. The Bertz CT molecular complexity index is 1010. The van der Waals surface area contributed by atoms with Crippen LogP contribution in [0.25, 0.3) is 0 Å². The Morgan fingerprint density at radius 3 is 1.71 bits per heavy atom. The molecule has 1 N–H and O–H groups in total. The number of rotatable bonds is 11. The van der Waals surface area contributed by atoms with Crippen molar-refractivity contribution in [1.82, 2.24) is 0 Å². The number of carbonyl (C=O) groups is 1. The molecular weight excluding hydrogens is 452 g/mol. The molecule has 0 heterocycles. The second-order valence-corrected chi connectivity index (χ2v) is 14.6. The van der Waals surface area contributed by atoms with Crippen LogP contribution < -0.4 is 10.4 Å². The first-order chi connectivity index (χ1) is 16.7. The van der Waals surface area contributed by atoms with Crippen molar-refractivity contribution in [3.05, 3.63) is 96.6 Å². The van der Waals surface area contributed by atoms with Crippen molar-refractivity contribution in [2.24, 2.45) is 11.8 Å². The molecule has 0 radical (unpaired) electrons. The fourth-order valence-corrected chi connectivity index (χ4v) is 9.49. The average molecular weight is 491 g/mol. The summed E-state index contributed by atoms with van der Waals surface area (Å²) in [5.74, 6) is -1.64. The van der Waals surface area contributed by atoms with E-state index in [1.807, 2.05) is 49.4 Å². The third kappa shape index (κ3) is 6.29. The molecule has 0 aliphatic heterocycles. The van der Waals surface area contributed by atoms with Crippen LogP contribution in [0.3, 0.4) is 0 Å². The highest BCUT2D eigenvalue weighted by Gasteiger charge is 2.50. The molecule has 0 aliphatic carbocycles. The second-order valence-electron chi connectivity index (χ2n) is 10.3. The van der Waals surface area contributed by atoms with E-state index < -0.39 is 26.3 Å². The highest BCUT2D eigenvalue weighted by atomic mass is 28.4. The van der Waals surface area contributed by atoms with Crippen molar-refractivity contribution in [3.8, 4) is 0 Å². The molecule has 3 rings (SSSR count). The minimum absolute atomic E-state index is 0.119. The Morgan fingerprint density at radius 1 is 0.829 bits per heavy atom. The van der Waals surface area contributed by atoms with Crippen LogP contribution in [0.15, 0.2) is 91.0 Å². The van der Waals surface area contributed by atoms with E-state index in [9.17, 15) is 9.90 Å². The molecular formula is C30H38O4Si. The van der Waals surface area contributed by atoms with Gasteiger partial charge in [-0.15, -0.1) is 0 Å². The first-order valence-electron chi connectivity index (χ1n) is 12.3. The van der Waals surface area contributed by atoms with Gasteiger partial charge in [0, 0.05) is 12.5 Å². The second kappa shape index (κ2) is 11.8. The van der Waals surface area contributed by atoms with E-state index in [1.165, 1.54) is 10.4 Å². The summed E-state index contributed by atoms with van der Waals surface area (Å²) in [7, 11) is -2.71. The third-order valence-corrected chi connectivity index (χ3v) is 11.7. The van der Waals surface area contributed by atoms with Gasteiger partial charge in [0.05, 0.1) is 18.6 Å². The predicted molar refractivity (Wildman–Crippen MR) is 145 cm³/mol. The van der Waals surface area contributed by atoms with Gasteiger partial charge in [0.25, 0.3) is 8.32 Å². The van der Waals surface area contributed by atoms with Gasteiger partial charge in [0.1, 0.15) is 0 Å². The minimum Gasteiger partial charge on any atom is -0.481 e. The van der Waals surface area contributed by atoms with Crippen LogP contribution in [-0.2, 0) is 20.6 Å². The summed E-state index contributed by atoms with van der Waals surface area (Å²) in [6, 6.07) is 30.9. The molecule has 0 aliphatic rings. The lowest BCUT2D eigenvalue weighted by Crippen LogP contribution is -2.67. The lowest BCUT2D eigenvalue weighted by atomic mass is 9.94. The number of ether oxygens (including phenoxy) is 1. The summed E-state index contributed by atoms with van der Waals surface area (Å²) in [5.41, 5.74) is 1.02. The monoisotopic (exact) mass is 490 g/mol. The quantitative estimate of drug-likeness (QED) is 0.360. The first kappa shape index (κ1) is 26.9. The van der Waals surface area contributed by atoms with Gasteiger partial charge in [0.2, 0.25) is 0 Å². The zero-order chi connectivity index (χ0) is 25.5. The van der Waals surface area contributed by atoms with Crippen LogP contribution in [0.1, 0.15) is 40.2 Å². The molecule has 0 spiro atoms. The first-order valence-corrected chi connectivity index (χ1v) is 14.2. The summed E-state index contributed by atoms with van der Waals surface area (Å²) in [4.78, 5) is 11.9. The summed E-state index contributed by atoms with van der Waals surface area (Å²) >= 11 is 0. The number of carboxylic acids is 1. The smallest absolute Gasteiger partial charge is 0.308 e. The molecule has 0 unspecified atom stereocenters. The highest BCUT2D eigenvalue weighted by molar-refractivity contribution is 6.99. The van der Waals surface area contributed by atoms with Gasteiger partial charge in [-0.25, -0.2) is 0 Å². The molecule has 0 fully saturated rings. The fraction of sp³-hybridized carbons (Fsp3) is 0.367. The van der Waals surface area contributed by atoms with Gasteiger partial charge in [-0.05, 0) is 27.9 Å². The minimum atomic E-state index is -2.71. The zero-order valence-electron chi connectivity index (χ0n) is 21.5. The normalized spacial score (nSPS) is 14.8. The largest absolute Gasteiger partial charge is 0.481 e. The van der Waals surface area contributed by atoms with E-state index in [-0.39, 0.29) is 11.0 Å². The van der Waals surface area contributed by atoms with E-state index in [2.05, 4.69) is 69.3 Å². The van der Waals surface area contributed by atoms with E-state index in [0.717, 1.165) is 5.56 Å². The molecule has 0 amide bonds. The molecule has 3 atom stereocenters. The van der Waals surface area contributed by atoms with Crippen molar-refractivity contribution in [2.75, 3.05) is 6.61 Å². The molecule has 0 bridgehead atoms. The van der Waals surface area contributed by atoms with Crippen molar-refractivity contribution in [3.63, 3.8) is 0 Å². The van der Waals surface area contributed by atoms with Crippen molar-refractivity contribution in [1.29, 1.82) is 0 Å². The van der Waals surface area contributed by atoms with Crippen molar-refractivity contribution < 1.29 is 19.1 Å². The van der Waals surface area contributed by atoms with Crippen LogP contribution in [0.2, 0.25) is 5.04 Å². The van der Waals surface area contributed by atoms with Crippen LogP contribution >= 0.6 is 0 Å². The van der Waals surface area contributed by atoms with E-state index >= 15 is 0 Å². The molecule has 35 heavy (non-hydrogen) atoms. The van der Waals surface area contributed by atoms with Gasteiger partial charge in [-0.2, -0.15) is 0 Å². The van der Waals surface area contributed by atoms with Gasteiger partial charge in [0.15, 0.2) is 0 Å². The Kier molecular flexibility index (Phi) is 9.06. The number of benzene rings is 3. The highest BCUT2D eigenvalue weighted by Crippen LogP contribution is 2.37. The maximum absolute atomic E-state index is 11.9. The molecule has 0 aromatic heterocycles. The van der Waals surface area contributed by atoms with E-state index in [1.54, 1.807) is 6.92 Å². The number of carboxylic acid groups (broad SMARTS) is 1. The van der Waals surface area contributed by atoms with Gasteiger partial charge < -0.3 is 14.3 Å². The topological polar surface area (TPSA) is 55.8 Å². The Labute approximate surface area is 211 Å². The molecule has 186 valence electrons. The number of hydrogen-bond donors (Lipinski definition) is 1. The predicted octanol–water partition coefficient (Wildman–Crippen LogP) is 5.51. The summed E-state index contributed by atoms with van der Waals surface area (Å²) < 4.78 is 13.3. The summed E-state index contributed by atoms with van der Waals surface area (Å²) in [6.07, 6.45) is -0.481. The van der Waals surface area contributed by atoms with Gasteiger partial charge >= 0.3 is 5.97 Å². The van der Waals surface area contributed by atoms with Gasteiger partial charge in [-0.3, -0.25) is 4.79 Å². The molecule has 0 saturated carbocycles. The van der Waals surface area contributed by atoms with Crippen LogP contribution in [0.4, 0.5) is 0 Å². The standard InChI is InChI=1S/C30H38O4Si/c1-23(28(24(2)29(31)32)33-22-25-15-9-6-10-16-25)21-34-35(30(3,4)5,26-17-11-7-12-18-26)27-19-13-8-14-20-27/h6-20,23-24,28H,21-22H2,1-5H3,(H,31,32)/t23-,24+,28+/m0/s1. The van der Waals surface area contributed by atoms with Crippen molar-refractivity contribution in [2.45, 2.75) is 52.4 Å². The maximum Gasteiger partial charge on any atom is 0.308 e. The summed E-state index contributed by atoms with van der Waals surface area (Å²) in [6.45, 7) is 11.3. The Morgan fingerprint density at radius 2 is 1.29 bits per heavy atom. The molecule has 3 aromatic rings. The van der Waals surface area contributed by atoms with E-state index in [0.29, 0.717) is 13.2 Å². The van der Waals surface area contributed by atoms with Crippen LogP contribution in [0.5, 0.6) is 0 Å². The average Bonchev–Trinajstić information content (AvgIpc) is 2.85. The molecule has 3 aromatic carbocycles. The number of aliphatic carboxylic acids is 1. The Hall–Kier alpha value is -2.73. The zero-order valence-corrected chi connectivity index (χ0v) is 22.5. The lowest BCUT2D eigenvalue weighted by molar-refractivity contribution is -0.149. The SMILES string of the molecule is C[C@@H](CO[Si](c1ccccc1)(c1ccccc1)C(C)(C)C)[C@@H](OCc1ccccc1)[C@@H](C)C(=O)O. The molecule has 5 heteroatoms. The number of hydrogen-bond acceptors (Lipinski definition) is 3. The third-order valence-electron chi connectivity index (χ3n) is 6.71. The van der Waals surface area contributed by atoms with E-state index in [4.69, 9.17) is 9.16 Å². The van der Waals surface area contributed by atoms with Gasteiger partial charge in [-0.1, -0.05) is 119 Å².